The lowest BCUT2D eigenvalue weighted by Gasteiger charge is -2.18. The van der Waals surface area contributed by atoms with Gasteiger partial charge in [0.2, 0.25) is 5.96 Å². The van der Waals surface area contributed by atoms with Crippen molar-refractivity contribution in [2.75, 3.05) is 6.61 Å². The molecule has 1 aliphatic heterocycles. The number of guanidine groups is 1. The molecule has 1 atom stereocenters. The molecule has 1 aliphatic rings. The van der Waals surface area contributed by atoms with Crippen LogP contribution in [-0.2, 0) is 11.8 Å². The Morgan fingerprint density at radius 1 is 1.40 bits per heavy atom. The van der Waals surface area contributed by atoms with Gasteiger partial charge >= 0.3 is 0 Å². The van der Waals surface area contributed by atoms with Crippen molar-refractivity contribution in [1.29, 1.82) is 0 Å². The van der Waals surface area contributed by atoms with Crippen molar-refractivity contribution < 1.29 is 9.90 Å². The molecule has 0 radical (unpaired) electrons. The summed E-state index contributed by atoms with van der Waals surface area (Å²) in [5, 5.41) is 20.6. The first-order chi connectivity index (χ1) is 11.9. The lowest BCUT2D eigenvalue weighted by molar-refractivity contribution is -0.115. The number of amides is 1. The molecule has 25 heavy (non-hydrogen) atoms. The molecule has 1 aromatic heterocycles. The number of nitrogens with zero attached hydrogens (tertiary/aromatic N) is 3. The zero-order valence-corrected chi connectivity index (χ0v) is 14.7. The summed E-state index contributed by atoms with van der Waals surface area (Å²) in [6.07, 6.45) is 4.47. The highest BCUT2D eigenvalue weighted by atomic mass is 16.3. The van der Waals surface area contributed by atoms with Crippen LogP contribution in [0.15, 0.2) is 35.1 Å². The molecule has 132 valence electrons. The molecule has 2 aromatic rings. The highest BCUT2D eigenvalue weighted by Gasteiger charge is 2.22. The van der Waals surface area contributed by atoms with Gasteiger partial charge in [-0.05, 0) is 36.1 Å². The lowest BCUT2D eigenvalue weighted by Crippen LogP contribution is -2.44. The third-order valence-corrected chi connectivity index (χ3v) is 3.96. The summed E-state index contributed by atoms with van der Waals surface area (Å²) in [5.74, 6) is 0.567. The number of nitrogens with one attached hydrogen (secondary N) is 2. The Bertz CT molecular complexity index is 850. The molecule has 2 heterocycles. The van der Waals surface area contributed by atoms with Crippen LogP contribution in [0.5, 0.6) is 0 Å². The molecule has 0 fully saturated rings. The molecule has 0 spiro atoms. The van der Waals surface area contributed by atoms with E-state index in [9.17, 15) is 9.90 Å². The van der Waals surface area contributed by atoms with Gasteiger partial charge in [-0.25, -0.2) is 4.99 Å². The average Bonchev–Trinajstić information content (AvgIpc) is 3.07. The molecule has 1 aromatic carbocycles. The van der Waals surface area contributed by atoms with Crippen molar-refractivity contribution in [3.05, 3.63) is 35.7 Å². The number of aryl methyl sites for hydroxylation is 1. The molecule has 0 bridgehead atoms. The van der Waals surface area contributed by atoms with Crippen LogP contribution in [0.1, 0.15) is 25.8 Å². The van der Waals surface area contributed by atoms with E-state index in [1.807, 2.05) is 31.4 Å². The van der Waals surface area contributed by atoms with Crippen molar-refractivity contribution in [2.24, 2.45) is 18.0 Å². The van der Waals surface area contributed by atoms with E-state index in [0.717, 1.165) is 22.9 Å². The Balaban J connectivity index is 1.79. The van der Waals surface area contributed by atoms with Gasteiger partial charge < -0.3 is 10.4 Å². The average molecular weight is 341 g/mol. The van der Waals surface area contributed by atoms with E-state index in [0.29, 0.717) is 17.6 Å². The largest absolute Gasteiger partial charge is 0.394 e. The summed E-state index contributed by atoms with van der Waals surface area (Å²) in [6, 6.07) is 5.66. The molecule has 1 amide bonds. The van der Waals surface area contributed by atoms with Crippen molar-refractivity contribution in [2.45, 2.75) is 26.3 Å². The van der Waals surface area contributed by atoms with E-state index < -0.39 is 0 Å². The number of fused-ring (bicyclic) bond motifs is 1. The molecule has 0 saturated heterocycles. The quantitative estimate of drug-likeness (QED) is 0.717. The standard InChI is InChI=1S/C18H23N5O2/c1-11(2)6-14(10-24)19-18-20-16(17(25)21-18)8-12-4-5-15-13(7-12)9-23(3)22-15/h4-5,7-9,11,14,24H,6,10H2,1-3H3,(H2,19,20,21,25)/b16-8-. The molecule has 7 heteroatoms. The number of rotatable bonds is 5. The van der Waals surface area contributed by atoms with E-state index >= 15 is 0 Å². The van der Waals surface area contributed by atoms with Gasteiger partial charge in [-0.1, -0.05) is 19.9 Å². The van der Waals surface area contributed by atoms with Crippen LogP contribution < -0.4 is 10.6 Å². The van der Waals surface area contributed by atoms with Gasteiger partial charge in [0.05, 0.1) is 18.2 Å². The highest BCUT2D eigenvalue weighted by molar-refractivity contribution is 6.13. The minimum Gasteiger partial charge on any atom is -0.394 e. The van der Waals surface area contributed by atoms with Gasteiger partial charge in [-0.2, -0.15) is 5.10 Å². The fraction of sp³-hybridized carbons (Fsp3) is 0.389. The molecule has 1 unspecified atom stereocenters. The molecule has 3 N–H and O–H groups in total. The Morgan fingerprint density at radius 2 is 2.20 bits per heavy atom. The van der Waals surface area contributed by atoms with Crippen molar-refractivity contribution >= 4 is 28.8 Å². The zero-order chi connectivity index (χ0) is 18.0. The number of aliphatic imine (C=N–C) groups is 1. The number of aromatic nitrogens is 2. The molecule has 0 aliphatic carbocycles. The van der Waals surface area contributed by atoms with E-state index in [4.69, 9.17) is 0 Å². The first kappa shape index (κ1) is 17.2. The number of benzene rings is 1. The molecular formula is C18H23N5O2. The third kappa shape index (κ3) is 4.06. The second kappa shape index (κ2) is 7.06. The summed E-state index contributed by atoms with van der Waals surface area (Å²) >= 11 is 0. The second-order valence-corrected chi connectivity index (χ2v) is 6.72. The van der Waals surface area contributed by atoms with Crippen LogP contribution in [0.25, 0.3) is 17.0 Å². The molecular weight excluding hydrogens is 318 g/mol. The number of hydrogen-bond donors (Lipinski definition) is 3. The Labute approximate surface area is 146 Å². The Hall–Kier alpha value is -2.67. The van der Waals surface area contributed by atoms with Crippen LogP contribution in [-0.4, -0.2) is 39.4 Å². The van der Waals surface area contributed by atoms with Crippen molar-refractivity contribution in [1.82, 2.24) is 20.4 Å². The number of aliphatic hydroxyl groups is 1. The number of hydrogen-bond acceptors (Lipinski definition) is 5. The van der Waals surface area contributed by atoms with E-state index in [2.05, 4.69) is 34.6 Å². The summed E-state index contributed by atoms with van der Waals surface area (Å²) < 4.78 is 1.76. The fourth-order valence-corrected chi connectivity index (χ4v) is 2.89. The van der Waals surface area contributed by atoms with Crippen LogP contribution >= 0.6 is 0 Å². The van der Waals surface area contributed by atoms with Gasteiger partial charge in [0.15, 0.2) is 0 Å². The van der Waals surface area contributed by atoms with Crippen LogP contribution in [0.3, 0.4) is 0 Å². The maximum absolute atomic E-state index is 12.1. The fourth-order valence-electron chi connectivity index (χ4n) is 2.89. The minimum atomic E-state index is -0.255. The van der Waals surface area contributed by atoms with Gasteiger partial charge in [-0.3, -0.25) is 14.8 Å². The first-order valence-electron chi connectivity index (χ1n) is 8.37. The van der Waals surface area contributed by atoms with Crippen LogP contribution in [0, 0.1) is 5.92 Å². The predicted molar refractivity (Wildman–Crippen MR) is 97.7 cm³/mol. The molecule has 7 nitrogen and oxygen atoms in total. The van der Waals surface area contributed by atoms with Gasteiger partial charge in [0.1, 0.15) is 5.70 Å². The number of carbonyl (C=O) groups is 1. The molecule has 0 saturated carbocycles. The zero-order valence-electron chi connectivity index (χ0n) is 14.7. The summed E-state index contributed by atoms with van der Waals surface area (Å²) in [4.78, 5) is 16.5. The van der Waals surface area contributed by atoms with E-state index in [1.54, 1.807) is 10.8 Å². The summed E-state index contributed by atoms with van der Waals surface area (Å²) in [7, 11) is 1.87. The Kier molecular flexibility index (Phi) is 4.85. The van der Waals surface area contributed by atoms with Crippen LogP contribution in [0.2, 0.25) is 0 Å². The van der Waals surface area contributed by atoms with E-state index in [1.165, 1.54) is 0 Å². The number of carbonyl (C=O) groups excluding carboxylic acids is 1. The van der Waals surface area contributed by atoms with Gasteiger partial charge in [-0.15, -0.1) is 0 Å². The normalized spacial score (nSPS) is 17.2. The maximum atomic E-state index is 12.1. The SMILES string of the molecule is CC(C)CC(CO)NC1=N/C(=C\c2ccc3nn(C)cc3c2)C(=O)N1. The molecule has 3 rings (SSSR count). The summed E-state index contributed by atoms with van der Waals surface area (Å²) in [5.41, 5.74) is 2.13. The van der Waals surface area contributed by atoms with Crippen LogP contribution in [0.4, 0.5) is 0 Å². The lowest BCUT2D eigenvalue weighted by atomic mass is 10.0. The minimum absolute atomic E-state index is 0.0101. The van der Waals surface area contributed by atoms with Crippen molar-refractivity contribution in [3.8, 4) is 0 Å². The number of aliphatic hydroxyl groups excluding tert-OH is 1. The van der Waals surface area contributed by atoms with Crippen molar-refractivity contribution in [3.63, 3.8) is 0 Å². The third-order valence-electron chi connectivity index (χ3n) is 3.96. The van der Waals surface area contributed by atoms with Gasteiger partial charge in [0, 0.05) is 18.6 Å². The predicted octanol–water partition coefficient (Wildman–Crippen LogP) is 1.40. The van der Waals surface area contributed by atoms with Gasteiger partial charge in [0.25, 0.3) is 5.91 Å². The smallest absolute Gasteiger partial charge is 0.276 e. The Morgan fingerprint density at radius 3 is 2.92 bits per heavy atom. The second-order valence-electron chi connectivity index (χ2n) is 6.72. The maximum Gasteiger partial charge on any atom is 0.276 e. The topological polar surface area (TPSA) is 91.5 Å². The van der Waals surface area contributed by atoms with E-state index in [-0.39, 0.29) is 18.6 Å². The monoisotopic (exact) mass is 341 g/mol. The summed E-state index contributed by atoms with van der Waals surface area (Å²) in [6.45, 7) is 4.16. The highest BCUT2D eigenvalue weighted by Crippen LogP contribution is 2.18. The first-order valence-corrected chi connectivity index (χ1v) is 8.37.